The minimum atomic E-state index is 0.493. The SMILES string of the molecule is CNc1cc([C@H]2CCCN2Cc2csc(C)n2)ccn1. The average molecular weight is 288 g/mol. The summed E-state index contributed by atoms with van der Waals surface area (Å²) in [5.74, 6) is 0.943. The Hall–Kier alpha value is -1.46. The Morgan fingerprint density at radius 1 is 1.50 bits per heavy atom. The van der Waals surface area contributed by atoms with Gasteiger partial charge < -0.3 is 5.32 Å². The average Bonchev–Trinajstić information content (AvgIpc) is 3.08. The Morgan fingerprint density at radius 3 is 3.15 bits per heavy atom. The van der Waals surface area contributed by atoms with Crippen molar-refractivity contribution >= 4 is 17.2 Å². The second-order valence-electron chi connectivity index (χ2n) is 5.21. The molecule has 3 rings (SSSR count). The fourth-order valence-corrected chi connectivity index (χ4v) is 3.48. The van der Waals surface area contributed by atoms with Gasteiger partial charge in [0.15, 0.2) is 0 Å². The van der Waals surface area contributed by atoms with Gasteiger partial charge >= 0.3 is 0 Å². The summed E-state index contributed by atoms with van der Waals surface area (Å²) in [5, 5.41) is 6.45. The van der Waals surface area contributed by atoms with Crippen molar-refractivity contribution in [1.29, 1.82) is 0 Å². The molecule has 0 aromatic carbocycles. The number of hydrogen-bond donors (Lipinski definition) is 1. The number of pyridine rings is 1. The third kappa shape index (κ3) is 2.83. The summed E-state index contributed by atoms with van der Waals surface area (Å²) in [6.45, 7) is 4.17. The van der Waals surface area contributed by atoms with Gasteiger partial charge in [0.2, 0.25) is 0 Å². The van der Waals surface area contributed by atoms with Gasteiger partial charge in [-0.25, -0.2) is 9.97 Å². The molecule has 0 unspecified atom stereocenters. The van der Waals surface area contributed by atoms with E-state index in [0.717, 1.165) is 23.9 Å². The van der Waals surface area contributed by atoms with Crippen LogP contribution in [-0.4, -0.2) is 28.5 Å². The maximum Gasteiger partial charge on any atom is 0.125 e. The molecule has 20 heavy (non-hydrogen) atoms. The van der Waals surface area contributed by atoms with Crippen LogP contribution in [0, 0.1) is 6.92 Å². The number of rotatable bonds is 4. The largest absolute Gasteiger partial charge is 0.373 e. The molecule has 0 aliphatic carbocycles. The van der Waals surface area contributed by atoms with E-state index in [1.165, 1.54) is 24.1 Å². The van der Waals surface area contributed by atoms with Gasteiger partial charge in [0.1, 0.15) is 5.82 Å². The summed E-state index contributed by atoms with van der Waals surface area (Å²) in [7, 11) is 1.91. The molecule has 1 N–H and O–H groups in total. The lowest BCUT2D eigenvalue weighted by atomic mass is 10.1. The second-order valence-corrected chi connectivity index (χ2v) is 6.27. The van der Waals surface area contributed by atoms with Crippen LogP contribution >= 0.6 is 11.3 Å². The van der Waals surface area contributed by atoms with Crippen molar-refractivity contribution in [2.75, 3.05) is 18.9 Å². The molecule has 0 bridgehead atoms. The normalized spacial score (nSPS) is 19.4. The lowest BCUT2D eigenvalue weighted by Gasteiger charge is -2.24. The van der Waals surface area contributed by atoms with Crippen LogP contribution in [0.15, 0.2) is 23.7 Å². The number of likely N-dealkylation sites (tertiary alicyclic amines) is 1. The number of anilines is 1. The predicted octanol–water partition coefficient (Wildman–Crippen LogP) is 3.23. The van der Waals surface area contributed by atoms with Gasteiger partial charge in [-0.15, -0.1) is 11.3 Å². The summed E-state index contributed by atoms with van der Waals surface area (Å²) >= 11 is 1.73. The highest BCUT2D eigenvalue weighted by Crippen LogP contribution is 2.33. The number of aryl methyl sites for hydroxylation is 1. The molecule has 2 aromatic rings. The third-order valence-corrected chi connectivity index (χ3v) is 4.64. The first kappa shape index (κ1) is 13.5. The molecule has 1 atom stereocenters. The highest BCUT2D eigenvalue weighted by molar-refractivity contribution is 7.09. The molecule has 0 radical (unpaired) electrons. The van der Waals surface area contributed by atoms with Crippen LogP contribution in [0.3, 0.4) is 0 Å². The first-order chi connectivity index (χ1) is 9.76. The predicted molar refractivity (Wildman–Crippen MR) is 83.0 cm³/mol. The molecular weight excluding hydrogens is 268 g/mol. The summed E-state index contributed by atoms with van der Waals surface area (Å²) in [6, 6.07) is 4.79. The smallest absolute Gasteiger partial charge is 0.125 e. The van der Waals surface area contributed by atoms with Crippen molar-refractivity contribution in [2.24, 2.45) is 0 Å². The number of aromatic nitrogens is 2. The van der Waals surface area contributed by atoms with E-state index in [1.807, 2.05) is 13.2 Å². The second kappa shape index (κ2) is 5.89. The highest BCUT2D eigenvalue weighted by Gasteiger charge is 2.26. The van der Waals surface area contributed by atoms with E-state index >= 15 is 0 Å². The fraction of sp³-hybridized carbons (Fsp3) is 0.467. The van der Waals surface area contributed by atoms with E-state index in [4.69, 9.17) is 0 Å². The van der Waals surface area contributed by atoms with E-state index in [0.29, 0.717) is 6.04 Å². The van der Waals surface area contributed by atoms with Crippen LogP contribution in [0.1, 0.15) is 35.1 Å². The fourth-order valence-electron chi connectivity index (χ4n) is 2.87. The topological polar surface area (TPSA) is 41.0 Å². The van der Waals surface area contributed by atoms with Crippen molar-refractivity contribution in [2.45, 2.75) is 32.4 Å². The summed E-state index contributed by atoms with van der Waals surface area (Å²) < 4.78 is 0. The molecule has 4 nitrogen and oxygen atoms in total. The Balaban J connectivity index is 1.77. The van der Waals surface area contributed by atoms with Crippen molar-refractivity contribution in [3.63, 3.8) is 0 Å². The van der Waals surface area contributed by atoms with E-state index in [2.05, 4.69) is 44.6 Å². The van der Waals surface area contributed by atoms with E-state index in [1.54, 1.807) is 11.3 Å². The van der Waals surface area contributed by atoms with Crippen LogP contribution in [-0.2, 0) is 6.54 Å². The number of nitrogens with zero attached hydrogens (tertiary/aromatic N) is 3. The lowest BCUT2D eigenvalue weighted by molar-refractivity contribution is 0.246. The maximum atomic E-state index is 4.59. The molecule has 0 spiro atoms. The maximum absolute atomic E-state index is 4.59. The summed E-state index contributed by atoms with van der Waals surface area (Å²) in [4.78, 5) is 11.4. The van der Waals surface area contributed by atoms with Gasteiger partial charge in [0, 0.05) is 31.2 Å². The molecule has 0 amide bonds. The molecule has 1 fully saturated rings. The molecule has 5 heteroatoms. The third-order valence-electron chi connectivity index (χ3n) is 3.82. The van der Waals surface area contributed by atoms with Crippen LogP contribution in [0.25, 0.3) is 0 Å². The van der Waals surface area contributed by atoms with Gasteiger partial charge in [0.05, 0.1) is 10.7 Å². The Kier molecular flexibility index (Phi) is 3.98. The van der Waals surface area contributed by atoms with Gasteiger partial charge in [-0.2, -0.15) is 0 Å². The van der Waals surface area contributed by atoms with Crippen LogP contribution in [0.4, 0.5) is 5.82 Å². The Bertz CT molecular complexity index is 581. The number of nitrogens with one attached hydrogen (secondary N) is 1. The number of thiazole rings is 1. The highest BCUT2D eigenvalue weighted by atomic mass is 32.1. The molecule has 1 aliphatic rings. The number of hydrogen-bond acceptors (Lipinski definition) is 5. The van der Waals surface area contributed by atoms with Crippen LogP contribution < -0.4 is 5.32 Å². The monoisotopic (exact) mass is 288 g/mol. The van der Waals surface area contributed by atoms with Crippen molar-refractivity contribution < 1.29 is 0 Å². The summed E-state index contributed by atoms with van der Waals surface area (Å²) in [5.41, 5.74) is 2.55. The molecule has 1 saturated heterocycles. The lowest BCUT2D eigenvalue weighted by Crippen LogP contribution is -2.23. The zero-order chi connectivity index (χ0) is 13.9. The van der Waals surface area contributed by atoms with Gasteiger partial charge in [-0.1, -0.05) is 0 Å². The Labute approximate surface area is 123 Å². The minimum Gasteiger partial charge on any atom is -0.373 e. The molecular formula is C15H20N4S. The molecule has 0 saturated carbocycles. The Morgan fingerprint density at radius 2 is 2.40 bits per heavy atom. The minimum absolute atomic E-state index is 0.493. The standard InChI is InChI=1S/C15H20N4S/c1-11-18-13(10-20-11)9-19-7-3-4-14(19)12-5-6-17-15(8-12)16-2/h5-6,8,10,14H,3-4,7,9H2,1-2H3,(H,16,17)/t14-/m1/s1. The zero-order valence-electron chi connectivity index (χ0n) is 12.0. The molecule has 1 aliphatic heterocycles. The molecule has 106 valence electrons. The van der Waals surface area contributed by atoms with Crippen LogP contribution in [0.2, 0.25) is 0 Å². The summed E-state index contributed by atoms with van der Waals surface area (Å²) in [6.07, 6.45) is 4.37. The van der Waals surface area contributed by atoms with Gasteiger partial charge in [-0.05, 0) is 44.0 Å². The van der Waals surface area contributed by atoms with Crippen LogP contribution in [0.5, 0.6) is 0 Å². The van der Waals surface area contributed by atoms with E-state index in [-0.39, 0.29) is 0 Å². The van der Waals surface area contributed by atoms with Crippen molar-refractivity contribution in [1.82, 2.24) is 14.9 Å². The van der Waals surface area contributed by atoms with E-state index in [9.17, 15) is 0 Å². The van der Waals surface area contributed by atoms with Gasteiger partial charge in [-0.3, -0.25) is 4.90 Å². The van der Waals surface area contributed by atoms with Crippen molar-refractivity contribution in [3.8, 4) is 0 Å². The first-order valence-electron chi connectivity index (χ1n) is 7.05. The molecule has 3 heterocycles. The van der Waals surface area contributed by atoms with E-state index < -0.39 is 0 Å². The van der Waals surface area contributed by atoms with Gasteiger partial charge in [0.25, 0.3) is 0 Å². The first-order valence-corrected chi connectivity index (χ1v) is 7.93. The van der Waals surface area contributed by atoms with Crippen molar-refractivity contribution in [3.05, 3.63) is 40.0 Å². The quantitative estimate of drug-likeness (QED) is 0.938. The zero-order valence-corrected chi connectivity index (χ0v) is 12.8. The molecule has 2 aromatic heterocycles.